The Morgan fingerprint density at radius 3 is 2.52 bits per heavy atom. The lowest BCUT2D eigenvalue weighted by Crippen LogP contribution is -2.40. The Kier molecular flexibility index (Phi) is 3.85. The maximum Gasteiger partial charge on any atom is 0.333 e. The summed E-state index contributed by atoms with van der Waals surface area (Å²) < 4.78 is 6.23. The average molecular weight is 384 g/mol. The van der Waals surface area contributed by atoms with Gasteiger partial charge in [0.2, 0.25) is 5.78 Å². The molecule has 0 aliphatic rings. The van der Waals surface area contributed by atoms with E-state index in [0.29, 0.717) is 22.0 Å². The van der Waals surface area contributed by atoms with Crippen LogP contribution in [0.15, 0.2) is 52.7 Å². The number of aryl methyl sites for hydroxylation is 2. The molecule has 4 aromatic rings. The third-order valence-corrected chi connectivity index (χ3v) is 5.06. The predicted octanol–water partition coefficient (Wildman–Crippen LogP) is 2.85. The van der Waals surface area contributed by atoms with Gasteiger partial charge in [0.1, 0.15) is 0 Å². The second kappa shape index (κ2) is 5.99. The number of fused-ring (bicyclic) bond motifs is 3. The van der Waals surface area contributed by atoms with Gasteiger partial charge in [0, 0.05) is 29.6 Å². The van der Waals surface area contributed by atoms with Crippen LogP contribution in [-0.2, 0) is 7.05 Å². The molecule has 1 aromatic carbocycles. The van der Waals surface area contributed by atoms with Crippen LogP contribution in [0, 0.1) is 6.92 Å². The van der Waals surface area contributed by atoms with Gasteiger partial charge < -0.3 is 0 Å². The Bertz CT molecular complexity index is 1320. The van der Waals surface area contributed by atoms with Gasteiger partial charge in [-0.05, 0) is 38.1 Å². The summed E-state index contributed by atoms with van der Waals surface area (Å²) in [5.41, 5.74) is 1.66. The van der Waals surface area contributed by atoms with E-state index in [-0.39, 0.29) is 5.56 Å². The van der Waals surface area contributed by atoms with Gasteiger partial charge in [-0.2, -0.15) is 4.98 Å². The first-order valence-corrected chi connectivity index (χ1v) is 8.83. The zero-order chi connectivity index (χ0) is 19.5. The number of imidazole rings is 2. The van der Waals surface area contributed by atoms with Crippen molar-refractivity contribution in [2.24, 2.45) is 7.05 Å². The fourth-order valence-corrected chi connectivity index (χ4v) is 3.48. The number of allylic oxidation sites excluding steroid dienone is 1. The molecule has 4 rings (SSSR count). The molecular formula is C19H18ClN5O2. The normalized spacial score (nSPS) is 12.7. The van der Waals surface area contributed by atoms with Crippen LogP contribution in [0.25, 0.3) is 22.6 Å². The highest BCUT2D eigenvalue weighted by Crippen LogP contribution is 2.22. The summed E-state index contributed by atoms with van der Waals surface area (Å²) >= 11 is 5.99. The molecule has 0 unspecified atom stereocenters. The zero-order valence-corrected chi connectivity index (χ0v) is 15.9. The summed E-state index contributed by atoms with van der Waals surface area (Å²) in [4.78, 5) is 30.4. The van der Waals surface area contributed by atoms with E-state index < -0.39 is 11.7 Å². The minimum Gasteiger partial charge on any atom is -0.283 e. The minimum atomic E-state index is -0.425. The Morgan fingerprint density at radius 2 is 1.89 bits per heavy atom. The van der Waals surface area contributed by atoms with Crippen LogP contribution in [0.4, 0.5) is 0 Å². The lowest BCUT2D eigenvalue weighted by molar-refractivity contribution is 0.574. The van der Waals surface area contributed by atoms with E-state index in [1.165, 1.54) is 9.13 Å². The highest BCUT2D eigenvalue weighted by atomic mass is 35.5. The fourth-order valence-electron chi connectivity index (χ4n) is 3.35. The molecular weight excluding hydrogens is 366 g/mol. The lowest BCUT2D eigenvalue weighted by Gasteiger charge is -2.11. The number of halogens is 1. The van der Waals surface area contributed by atoms with Crippen LogP contribution < -0.4 is 11.2 Å². The monoisotopic (exact) mass is 383 g/mol. The van der Waals surface area contributed by atoms with Gasteiger partial charge in [-0.3, -0.25) is 22.9 Å². The van der Waals surface area contributed by atoms with Crippen molar-refractivity contribution < 1.29 is 0 Å². The molecule has 0 N–H and O–H groups in total. The van der Waals surface area contributed by atoms with E-state index in [1.54, 1.807) is 36.6 Å². The van der Waals surface area contributed by atoms with Crippen LogP contribution in [0.5, 0.6) is 0 Å². The van der Waals surface area contributed by atoms with Crippen LogP contribution in [-0.4, -0.2) is 23.1 Å². The van der Waals surface area contributed by atoms with Gasteiger partial charge >= 0.3 is 5.69 Å². The summed E-state index contributed by atoms with van der Waals surface area (Å²) in [6.07, 6.45) is 3.41. The maximum absolute atomic E-state index is 13.1. The van der Waals surface area contributed by atoms with Crippen molar-refractivity contribution in [2.45, 2.75) is 19.9 Å². The average Bonchev–Trinajstić information content (AvgIpc) is 3.15. The quantitative estimate of drug-likeness (QED) is 0.511. The van der Waals surface area contributed by atoms with Gasteiger partial charge in [-0.1, -0.05) is 17.7 Å². The molecule has 138 valence electrons. The third kappa shape index (κ3) is 2.39. The number of aromatic nitrogens is 5. The number of rotatable bonds is 3. The zero-order valence-electron chi connectivity index (χ0n) is 15.2. The van der Waals surface area contributed by atoms with Gasteiger partial charge in [0.25, 0.3) is 5.56 Å². The van der Waals surface area contributed by atoms with Crippen molar-refractivity contribution in [1.82, 2.24) is 23.1 Å². The van der Waals surface area contributed by atoms with Gasteiger partial charge in [-0.25, -0.2) is 4.79 Å². The Hall–Kier alpha value is -3.06. The van der Waals surface area contributed by atoms with Crippen molar-refractivity contribution in [2.75, 3.05) is 0 Å². The van der Waals surface area contributed by atoms with Crippen LogP contribution in [0.2, 0.25) is 5.02 Å². The van der Waals surface area contributed by atoms with Crippen LogP contribution in [0.1, 0.15) is 18.7 Å². The van der Waals surface area contributed by atoms with E-state index in [1.807, 2.05) is 29.8 Å². The fraction of sp³-hybridized carbons (Fsp3) is 0.211. The smallest absolute Gasteiger partial charge is 0.283 e. The summed E-state index contributed by atoms with van der Waals surface area (Å²) in [6.45, 7) is 7.39. The van der Waals surface area contributed by atoms with Crippen molar-refractivity contribution in [1.29, 1.82) is 0 Å². The molecule has 0 bridgehead atoms. The van der Waals surface area contributed by atoms with Crippen molar-refractivity contribution in [3.8, 4) is 5.69 Å². The molecule has 1 atom stereocenters. The molecule has 0 spiro atoms. The molecule has 0 saturated carbocycles. The number of hydrogen-bond donors (Lipinski definition) is 0. The summed E-state index contributed by atoms with van der Waals surface area (Å²) in [7, 11) is 1.61. The highest BCUT2D eigenvalue weighted by Gasteiger charge is 2.21. The van der Waals surface area contributed by atoms with Gasteiger partial charge in [-0.15, -0.1) is 6.58 Å². The van der Waals surface area contributed by atoms with Crippen molar-refractivity contribution >= 4 is 28.5 Å². The van der Waals surface area contributed by atoms with Crippen molar-refractivity contribution in [3.63, 3.8) is 0 Å². The first kappa shape index (κ1) is 17.4. The highest BCUT2D eigenvalue weighted by molar-refractivity contribution is 6.30. The summed E-state index contributed by atoms with van der Waals surface area (Å²) in [5, 5.41) is 0.636. The Balaban J connectivity index is 2.15. The number of benzene rings is 1. The Morgan fingerprint density at radius 1 is 1.22 bits per heavy atom. The number of nitrogens with zero attached hydrogens (tertiary/aromatic N) is 5. The molecule has 0 aliphatic carbocycles. The third-order valence-electron chi connectivity index (χ3n) is 4.81. The molecule has 3 heterocycles. The van der Waals surface area contributed by atoms with Crippen LogP contribution >= 0.6 is 11.6 Å². The van der Waals surface area contributed by atoms with E-state index >= 15 is 0 Å². The maximum atomic E-state index is 13.1. The molecule has 8 heteroatoms. The first-order valence-electron chi connectivity index (χ1n) is 8.45. The topological polar surface area (TPSA) is 66.2 Å². The second-order valence-electron chi connectivity index (χ2n) is 6.53. The van der Waals surface area contributed by atoms with Gasteiger partial charge in [0.05, 0.1) is 6.04 Å². The van der Waals surface area contributed by atoms with E-state index in [9.17, 15) is 9.59 Å². The lowest BCUT2D eigenvalue weighted by atomic mass is 10.3. The minimum absolute atomic E-state index is 0.343. The van der Waals surface area contributed by atoms with Crippen LogP contribution in [0.3, 0.4) is 0 Å². The Labute approximate surface area is 159 Å². The molecule has 3 aromatic heterocycles. The molecule has 0 aliphatic heterocycles. The molecule has 0 amide bonds. The SMILES string of the molecule is C=C[C@@H](C)n1c(=O)c2c(nc3n(-c4ccc(Cl)cc4)c(C)cn23)n(C)c1=O. The summed E-state index contributed by atoms with van der Waals surface area (Å²) in [5.74, 6) is 0.556. The number of hydrogen-bond acceptors (Lipinski definition) is 3. The predicted molar refractivity (Wildman–Crippen MR) is 106 cm³/mol. The van der Waals surface area contributed by atoms with Crippen molar-refractivity contribution in [3.05, 3.63) is 74.7 Å². The largest absolute Gasteiger partial charge is 0.333 e. The van der Waals surface area contributed by atoms with Gasteiger partial charge in [0.15, 0.2) is 11.2 Å². The molecule has 0 radical (unpaired) electrons. The second-order valence-corrected chi connectivity index (χ2v) is 6.97. The summed E-state index contributed by atoms with van der Waals surface area (Å²) in [6, 6.07) is 6.93. The molecule has 7 nitrogen and oxygen atoms in total. The molecule has 27 heavy (non-hydrogen) atoms. The first-order chi connectivity index (χ1) is 12.8. The molecule has 0 saturated heterocycles. The molecule has 0 fully saturated rings. The van der Waals surface area contributed by atoms with E-state index in [0.717, 1.165) is 11.4 Å². The van der Waals surface area contributed by atoms with E-state index in [4.69, 9.17) is 11.6 Å². The van der Waals surface area contributed by atoms with E-state index in [2.05, 4.69) is 11.6 Å². The standard InChI is InChI=1S/C19H18ClN5O2/c1-5-11(2)25-17(26)15-16(22(4)19(25)27)21-18-23(15)10-12(3)24(18)14-8-6-13(20)7-9-14/h5-11H,1H2,2-4H3/t11-/m1/s1.